The zero-order valence-corrected chi connectivity index (χ0v) is 9.17. The SMILES string of the molecule is CCc1cc(Br)ncc1OC1CC1. The van der Waals surface area contributed by atoms with Gasteiger partial charge in [-0.05, 0) is 46.8 Å². The molecule has 13 heavy (non-hydrogen) atoms. The summed E-state index contributed by atoms with van der Waals surface area (Å²) in [5.74, 6) is 0.952. The van der Waals surface area contributed by atoms with Crippen LogP contribution in [0.3, 0.4) is 0 Å². The molecule has 0 spiro atoms. The first kappa shape index (κ1) is 9.00. The molecule has 0 N–H and O–H groups in total. The van der Waals surface area contributed by atoms with Crippen LogP contribution in [0.4, 0.5) is 0 Å². The third-order valence-electron chi connectivity index (χ3n) is 2.11. The van der Waals surface area contributed by atoms with Crippen molar-refractivity contribution in [3.8, 4) is 5.75 Å². The minimum atomic E-state index is 0.452. The van der Waals surface area contributed by atoms with Crippen molar-refractivity contribution < 1.29 is 4.74 Å². The fourth-order valence-electron chi connectivity index (χ4n) is 1.20. The van der Waals surface area contributed by atoms with Gasteiger partial charge in [-0.2, -0.15) is 0 Å². The van der Waals surface area contributed by atoms with Crippen LogP contribution in [0.2, 0.25) is 0 Å². The molecular weight excluding hydrogens is 230 g/mol. The van der Waals surface area contributed by atoms with Crippen LogP contribution in [0.15, 0.2) is 16.9 Å². The summed E-state index contributed by atoms with van der Waals surface area (Å²) in [4.78, 5) is 4.16. The molecule has 0 aliphatic heterocycles. The van der Waals surface area contributed by atoms with E-state index in [9.17, 15) is 0 Å². The Morgan fingerprint density at radius 1 is 1.62 bits per heavy atom. The van der Waals surface area contributed by atoms with Crippen LogP contribution in [0, 0.1) is 0 Å². The molecule has 0 atom stereocenters. The summed E-state index contributed by atoms with van der Waals surface area (Å²) in [6, 6.07) is 2.03. The van der Waals surface area contributed by atoms with Gasteiger partial charge in [-0.3, -0.25) is 0 Å². The van der Waals surface area contributed by atoms with Crippen molar-refractivity contribution in [2.24, 2.45) is 0 Å². The first-order valence-corrected chi connectivity index (χ1v) is 5.40. The van der Waals surface area contributed by atoms with E-state index in [0.29, 0.717) is 6.10 Å². The van der Waals surface area contributed by atoms with Crippen LogP contribution < -0.4 is 4.74 Å². The first-order valence-electron chi connectivity index (χ1n) is 4.60. The first-order chi connectivity index (χ1) is 6.29. The third kappa shape index (κ3) is 2.21. The van der Waals surface area contributed by atoms with Gasteiger partial charge in [0.1, 0.15) is 10.4 Å². The normalized spacial score (nSPS) is 15.8. The van der Waals surface area contributed by atoms with Crippen molar-refractivity contribution in [2.75, 3.05) is 0 Å². The summed E-state index contributed by atoms with van der Waals surface area (Å²) in [5.41, 5.74) is 1.23. The summed E-state index contributed by atoms with van der Waals surface area (Å²) >= 11 is 3.35. The van der Waals surface area contributed by atoms with Gasteiger partial charge >= 0.3 is 0 Å². The Hall–Kier alpha value is -0.570. The predicted octanol–water partition coefficient (Wildman–Crippen LogP) is 2.95. The lowest BCUT2D eigenvalue weighted by Crippen LogP contribution is -2.00. The molecule has 0 bridgehead atoms. The number of halogens is 1. The van der Waals surface area contributed by atoms with Crippen molar-refractivity contribution in [3.05, 3.63) is 22.4 Å². The van der Waals surface area contributed by atoms with E-state index < -0.39 is 0 Å². The Bertz CT molecular complexity index is 310. The number of aryl methyl sites for hydroxylation is 1. The molecule has 1 saturated carbocycles. The number of pyridine rings is 1. The second kappa shape index (κ2) is 3.66. The highest BCUT2D eigenvalue weighted by Crippen LogP contribution is 2.29. The van der Waals surface area contributed by atoms with Gasteiger partial charge in [0.05, 0.1) is 12.3 Å². The van der Waals surface area contributed by atoms with E-state index in [0.717, 1.165) is 16.8 Å². The molecule has 70 valence electrons. The Labute approximate surface area is 86.5 Å². The van der Waals surface area contributed by atoms with Crippen molar-refractivity contribution in [2.45, 2.75) is 32.3 Å². The molecule has 1 aromatic rings. The maximum absolute atomic E-state index is 5.72. The molecule has 1 heterocycles. The van der Waals surface area contributed by atoms with Crippen molar-refractivity contribution in [1.82, 2.24) is 4.98 Å². The summed E-state index contributed by atoms with van der Waals surface area (Å²) in [5, 5.41) is 0. The molecule has 0 saturated heterocycles. The Morgan fingerprint density at radius 3 is 3.00 bits per heavy atom. The molecule has 2 nitrogen and oxygen atoms in total. The molecule has 3 heteroatoms. The van der Waals surface area contributed by atoms with Crippen LogP contribution in [0.5, 0.6) is 5.75 Å². The fourth-order valence-corrected chi connectivity index (χ4v) is 1.58. The van der Waals surface area contributed by atoms with Gasteiger partial charge < -0.3 is 4.74 Å². The second-order valence-corrected chi connectivity index (χ2v) is 4.10. The largest absolute Gasteiger partial charge is 0.489 e. The van der Waals surface area contributed by atoms with E-state index in [1.54, 1.807) is 6.20 Å². The topological polar surface area (TPSA) is 22.1 Å². The smallest absolute Gasteiger partial charge is 0.141 e. The molecule has 1 aliphatic carbocycles. The van der Waals surface area contributed by atoms with Gasteiger partial charge in [0.15, 0.2) is 0 Å². The molecule has 1 aliphatic rings. The predicted molar refractivity (Wildman–Crippen MR) is 55.0 cm³/mol. The lowest BCUT2D eigenvalue weighted by atomic mass is 10.2. The van der Waals surface area contributed by atoms with E-state index in [1.807, 2.05) is 6.07 Å². The number of rotatable bonds is 3. The summed E-state index contributed by atoms with van der Waals surface area (Å²) in [7, 11) is 0. The maximum Gasteiger partial charge on any atom is 0.141 e. The van der Waals surface area contributed by atoms with Crippen LogP contribution in [0.25, 0.3) is 0 Å². The zero-order valence-electron chi connectivity index (χ0n) is 7.59. The van der Waals surface area contributed by atoms with Gasteiger partial charge in [-0.25, -0.2) is 4.98 Å². The summed E-state index contributed by atoms with van der Waals surface area (Å²) < 4.78 is 6.60. The van der Waals surface area contributed by atoms with Crippen molar-refractivity contribution in [1.29, 1.82) is 0 Å². The molecule has 0 unspecified atom stereocenters. The highest BCUT2D eigenvalue weighted by atomic mass is 79.9. The highest BCUT2D eigenvalue weighted by Gasteiger charge is 2.24. The number of ether oxygens (including phenoxy) is 1. The molecule has 1 aromatic heterocycles. The second-order valence-electron chi connectivity index (χ2n) is 3.29. The van der Waals surface area contributed by atoms with Crippen LogP contribution >= 0.6 is 15.9 Å². The standard InChI is InChI=1S/C10H12BrNO/c1-2-7-5-10(11)12-6-9(7)13-8-3-4-8/h5-6,8H,2-4H2,1H3. The average molecular weight is 242 g/mol. The summed E-state index contributed by atoms with van der Waals surface area (Å²) in [6.07, 6.45) is 5.64. The van der Waals surface area contributed by atoms with Crippen LogP contribution in [-0.4, -0.2) is 11.1 Å². The van der Waals surface area contributed by atoms with Gasteiger partial charge in [-0.15, -0.1) is 0 Å². The van der Waals surface area contributed by atoms with Gasteiger partial charge in [0.2, 0.25) is 0 Å². The number of nitrogens with zero attached hydrogens (tertiary/aromatic N) is 1. The van der Waals surface area contributed by atoms with Crippen LogP contribution in [-0.2, 0) is 6.42 Å². The molecule has 0 aromatic carbocycles. The number of aromatic nitrogens is 1. The van der Waals surface area contributed by atoms with E-state index in [-0.39, 0.29) is 0 Å². The molecule has 2 rings (SSSR count). The van der Waals surface area contributed by atoms with E-state index >= 15 is 0 Å². The van der Waals surface area contributed by atoms with Gasteiger partial charge in [0.25, 0.3) is 0 Å². The third-order valence-corrected chi connectivity index (χ3v) is 2.55. The van der Waals surface area contributed by atoms with Crippen molar-refractivity contribution >= 4 is 15.9 Å². The highest BCUT2D eigenvalue weighted by molar-refractivity contribution is 9.10. The maximum atomic E-state index is 5.72. The van der Waals surface area contributed by atoms with Crippen LogP contribution in [0.1, 0.15) is 25.3 Å². The van der Waals surface area contributed by atoms with Gasteiger partial charge in [-0.1, -0.05) is 6.92 Å². The fraction of sp³-hybridized carbons (Fsp3) is 0.500. The lowest BCUT2D eigenvalue weighted by Gasteiger charge is -2.08. The Morgan fingerprint density at radius 2 is 2.38 bits per heavy atom. The minimum absolute atomic E-state index is 0.452. The molecule has 0 amide bonds. The number of hydrogen-bond acceptors (Lipinski definition) is 2. The molecular formula is C10H12BrNO. The molecule has 0 radical (unpaired) electrons. The lowest BCUT2D eigenvalue weighted by molar-refractivity contribution is 0.299. The molecule has 1 fully saturated rings. The van der Waals surface area contributed by atoms with E-state index in [4.69, 9.17) is 4.74 Å². The average Bonchev–Trinajstić information content (AvgIpc) is 2.92. The number of hydrogen-bond donors (Lipinski definition) is 0. The van der Waals surface area contributed by atoms with Crippen molar-refractivity contribution in [3.63, 3.8) is 0 Å². The zero-order chi connectivity index (χ0) is 9.26. The van der Waals surface area contributed by atoms with Gasteiger partial charge in [0, 0.05) is 0 Å². The minimum Gasteiger partial charge on any atom is -0.489 e. The Balaban J connectivity index is 2.21. The summed E-state index contributed by atoms with van der Waals surface area (Å²) in [6.45, 7) is 2.13. The Kier molecular flexibility index (Phi) is 2.54. The van der Waals surface area contributed by atoms with E-state index in [2.05, 4.69) is 27.8 Å². The quantitative estimate of drug-likeness (QED) is 0.760. The van der Waals surface area contributed by atoms with E-state index in [1.165, 1.54) is 18.4 Å². The monoisotopic (exact) mass is 241 g/mol.